The molecule has 244 valence electrons. The van der Waals surface area contributed by atoms with Crippen LogP contribution in [0.1, 0.15) is 64.4 Å². The van der Waals surface area contributed by atoms with E-state index < -0.39 is 0 Å². The molecule has 3 aromatic heterocycles. The molecule has 4 rings (SSSR count). The van der Waals surface area contributed by atoms with Crippen molar-refractivity contribution in [1.82, 2.24) is 24.5 Å². The molecule has 0 bridgehead atoms. The number of fused-ring (bicyclic) bond motifs is 3. The SMILES string of the molecule is C/C=C\C=C/CN.C=C/C(=C\C=C\c1nc2c(cnc3cc(C)nn32)cc1C(/C=C\C)=C/C=C\C)CN1CCC(C=O)CC1.CC. The number of allylic oxidation sites excluding steroid dienone is 11. The molecule has 1 aliphatic heterocycles. The summed E-state index contributed by atoms with van der Waals surface area (Å²) in [6, 6.07) is 4.09. The Morgan fingerprint density at radius 3 is 2.39 bits per heavy atom. The molecule has 0 amide bonds. The van der Waals surface area contributed by atoms with E-state index in [0.29, 0.717) is 6.54 Å². The highest BCUT2D eigenvalue weighted by Crippen LogP contribution is 2.26. The van der Waals surface area contributed by atoms with E-state index in [9.17, 15) is 4.79 Å². The molecule has 7 heteroatoms. The second-order valence-electron chi connectivity index (χ2n) is 10.5. The Morgan fingerprint density at radius 2 is 1.76 bits per heavy atom. The summed E-state index contributed by atoms with van der Waals surface area (Å²) >= 11 is 0. The second kappa shape index (κ2) is 21.3. The van der Waals surface area contributed by atoms with E-state index in [4.69, 9.17) is 10.7 Å². The Kier molecular flexibility index (Phi) is 17.5. The van der Waals surface area contributed by atoms with Gasteiger partial charge < -0.3 is 10.5 Å². The molecule has 1 aliphatic rings. The molecule has 3 aromatic rings. The summed E-state index contributed by atoms with van der Waals surface area (Å²) in [5.74, 6) is 0.201. The Balaban J connectivity index is 0.000000724. The topological polar surface area (TPSA) is 89.4 Å². The third kappa shape index (κ3) is 11.5. The van der Waals surface area contributed by atoms with Crippen LogP contribution in [-0.2, 0) is 4.79 Å². The molecular formula is C39H52N6O. The summed E-state index contributed by atoms with van der Waals surface area (Å²) < 4.78 is 1.81. The molecule has 46 heavy (non-hydrogen) atoms. The number of rotatable bonds is 11. The summed E-state index contributed by atoms with van der Waals surface area (Å²) in [6.07, 6.45) is 30.9. The van der Waals surface area contributed by atoms with Gasteiger partial charge in [-0.05, 0) is 76.9 Å². The molecule has 1 saturated heterocycles. The number of aldehydes is 1. The van der Waals surface area contributed by atoms with Crippen LogP contribution in [0.5, 0.6) is 0 Å². The predicted molar refractivity (Wildman–Crippen MR) is 198 cm³/mol. The Labute approximate surface area is 276 Å². The number of piperidine rings is 1. The maximum Gasteiger partial charge on any atom is 0.165 e. The molecule has 7 nitrogen and oxygen atoms in total. The van der Waals surface area contributed by atoms with Crippen LogP contribution >= 0.6 is 0 Å². The lowest BCUT2D eigenvalue weighted by Gasteiger charge is -2.29. The minimum atomic E-state index is 0.201. The lowest BCUT2D eigenvalue weighted by Crippen LogP contribution is -2.35. The van der Waals surface area contributed by atoms with Crippen LogP contribution in [0.4, 0.5) is 0 Å². The minimum absolute atomic E-state index is 0.201. The van der Waals surface area contributed by atoms with Crippen LogP contribution in [0.25, 0.3) is 28.3 Å². The predicted octanol–water partition coefficient (Wildman–Crippen LogP) is 8.26. The van der Waals surface area contributed by atoms with Gasteiger partial charge >= 0.3 is 0 Å². The van der Waals surface area contributed by atoms with Crippen molar-refractivity contribution in [3.63, 3.8) is 0 Å². The Morgan fingerprint density at radius 1 is 1.02 bits per heavy atom. The van der Waals surface area contributed by atoms with Crippen molar-refractivity contribution in [3.05, 3.63) is 120 Å². The first kappa shape index (κ1) is 37.7. The van der Waals surface area contributed by atoms with Gasteiger partial charge in [0.2, 0.25) is 0 Å². The van der Waals surface area contributed by atoms with Gasteiger partial charge in [-0.2, -0.15) is 9.61 Å². The number of hydrogen-bond donors (Lipinski definition) is 1. The molecule has 1 fully saturated rings. The molecule has 2 N–H and O–H groups in total. The van der Waals surface area contributed by atoms with Crippen molar-refractivity contribution >= 4 is 34.6 Å². The van der Waals surface area contributed by atoms with Crippen LogP contribution in [0, 0.1) is 12.8 Å². The fraction of sp³-hybridized carbons (Fsp3) is 0.333. The lowest BCUT2D eigenvalue weighted by atomic mass is 9.98. The van der Waals surface area contributed by atoms with Crippen molar-refractivity contribution in [2.45, 2.75) is 54.4 Å². The third-order valence-electron chi connectivity index (χ3n) is 7.17. The van der Waals surface area contributed by atoms with E-state index in [1.165, 1.54) is 0 Å². The van der Waals surface area contributed by atoms with E-state index >= 15 is 0 Å². The largest absolute Gasteiger partial charge is 0.327 e. The number of carbonyl (C=O) groups excluding carboxylic acids is 1. The van der Waals surface area contributed by atoms with E-state index in [2.05, 4.69) is 45.9 Å². The first-order chi connectivity index (χ1) is 22.5. The first-order valence-electron chi connectivity index (χ1n) is 16.2. The number of nitrogens with zero attached hydrogens (tertiary/aromatic N) is 5. The standard InChI is InChI=1S/C31H35N5O.C6H11N.C2H6/c1-5-8-12-26(10-6-2)28-19-27-20-32-30-18-23(4)34-36(30)31(27)33-29(28)13-9-11-24(7-3)21-35-16-14-25(22-37)15-17-35;1-2-3-4-5-6-7;1-2/h5-13,18-20,22,25H,3,14-17,21H2,1-2,4H3;2-5H,6-7H2,1H3;1-2H3/b8-5-,10-6-,13-9+,24-11+,26-12+;3-2-,5-4-;. The zero-order chi connectivity index (χ0) is 33.7. The number of likely N-dealkylation sites (tertiary alicyclic amines) is 1. The molecule has 0 aromatic carbocycles. The van der Waals surface area contributed by atoms with Crippen LogP contribution < -0.4 is 5.73 Å². The average Bonchev–Trinajstić information content (AvgIpc) is 3.48. The Hall–Kier alpha value is -4.46. The van der Waals surface area contributed by atoms with Crippen LogP contribution in [0.15, 0.2) is 103 Å². The first-order valence-corrected chi connectivity index (χ1v) is 16.2. The zero-order valence-corrected chi connectivity index (χ0v) is 28.6. The molecule has 0 unspecified atom stereocenters. The summed E-state index contributed by atoms with van der Waals surface area (Å²) in [5, 5.41) is 5.55. The van der Waals surface area contributed by atoms with Crippen LogP contribution in [0.3, 0.4) is 0 Å². The number of carbonyl (C=O) groups is 1. The number of aryl methyl sites for hydroxylation is 1. The highest BCUT2D eigenvalue weighted by atomic mass is 16.1. The number of aromatic nitrogens is 4. The van der Waals surface area contributed by atoms with Crippen molar-refractivity contribution in [3.8, 4) is 0 Å². The number of hydrogen-bond acceptors (Lipinski definition) is 6. The van der Waals surface area contributed by atoms with Gasteiger partial charge in [0.25, 0.3) is 0 Å². The molecular weight excluding hydrogens is 568 g/mol. The normalized spacial score (nSPS) is 15.4. The molecule has 0 saturated carbocycles. The number of pyridine rings is 1. The van der Waals surface area contributed by atoms with Crippen molar-refractivity contribution in [2.24, 2.45) is 11.7 Å². The highest BCUT2D eigenvalue weighted by molar-refractivity contribution is 5.88. The monoisotopic (exact) mass is 620 g/mol. The van der Waals surface area contributed by atoms with Gasteiger partial charge in [0.15, 0.2) is 11.3 Å². The van der Waals surface area contributed by atoms with Gasteiger partial charge in [0.05, 0.1) is 11.4 Å². The van der Waals surface area contributed by atoms with Gasteiger partial charge in [-0.3, -0.25) is 4.90 Å². The molecule has 4 heterocycles. The summed E-state index contributed by atoms with van der Waals surface area (Å²) in [4.78, 5) is 23.1. The van der Waals surface area contributed by atoms with E-state index in [-0.39, 0.29) is 5.92 Å². The van der Waals surface area contributed by atoms with Crippen molar-refractivity contribution < 1.29 is 4.79 Å². The van der Waals surface area contributed by atoms with Crippen molar-refractivity contribution in [2.75, 3.05) is 26.2 Å². The average molecular weight is 621 g/mol. The summed E-state index contributed by atoms with van der Waals surface area (Å²) in [6.45, 7) is 19.3. The van der Waals surface area contributed by atoms with Gasteiger partial charge in [-0.1, -0.05) is 93.3 Å². The van der Waals surface area contributed by atoms with Gasteiger partial charge in [-0.25, -0.2) is 9.97 Å². The van der Waals surface area contributed by atoms with E-state index in [1.54, 1.807) is 0 Å². The summed E-state index contributed by atoms with van der Waals surface area (Å²) in [5.41, 5.74) is 11.7. The quantitative estimate of drug-likeness (QED) is 0.171. The molecule has 0 spiro atoms. The molecule has 0 aliphatic carbocycles. The molecule has 0 radical (unpaired) electrons. The zero-order valence-electron chi connectivity index (χ0n) is 28.6. The van der Waals surface area contributed by atoms with Crippen LogP contribution in [0.2, 0.25) is 0 Å². The van der Waals surface area contributed by atoms with E-state index in [1.807, 2.05) is 119 Å². The fourth-order valence-electron chi connectivity index (χ4n) is 4.86. The molecule has 0 atom stereocenters. The fourth-order valence-corrected chi connectivity index (χ4v) is 4.86. The lowest BCUT2D eigenvalue weighted by molar-refractivity contribution is -0.112. The van der Waals surface area contributed by atoms with E-state index in [0.717, 1.165) is 83.5 Å². The third-order valence-corrected chi connectivity index (χ3v) is 7.17. The maximum atomic E-state index is 11.1. The van der Waals surface area contributed by atoms with Gasteiger partial charge in [0, 0.05) is 42.2 Å². The minimum Gasteiger partial charge on any atom is -0.327 e. The highest BCUT2D eigenvalue weighted by Gasteiger charge is 2.18. The second-order valence-corrected chi connectivity index (χ2v) is 10.5. The van der Waals surface area contributed by atoms with Gasteiger partial charge in [-0.15, -0.1) is 0 Å². The van der Waals surface area contributed by atoms with Gasteiger partial charge in [0.1, 0.15) is 6.29 Å². The number of nitrogens with two attached hydrogens (primary N) is 1. The Bertz CT molecular complexity index is 1610. The smallest absolute Gasteiger partial charge is 0.165 e. The summed E-state index contributed by atoms with van der Waals surface area (Å²) in [7, 11) is 0. The maximum absolute atomic E-state index is 11.1. The van der Waals surface area contributed by atoms with Crippen LogP contribution in [-0.4, -0.2) is 56.9 Å². The van der Waals surface area contributed by atoms with Crippen molar-refractivity contribution in [1.29, 1.82) is 0 Å².